The summed E-state index contributed by atoms with van der Waals surface area (Å²) in [5.41, 5.74) is 9.07. The predicted molar refractivity (Wildman–Crippen MR) is 81.5 cm³/mol. The highest BCUT2D eigenvalue weighted by Crippen LogP contribution is 2.40. The van der Waals surface area contributed by atoms with Crippen molar-refractivity contribution in [1.82, 2.24) is 0 Å². The molecule has 0 radical (unpaired) electrons. The highest BCUT2D eigenvalue weighted by Gasteiger charge is 2.29. The summed E-state index contributed by atoms with van der Waals surface area (Å²) in [6.45, 7) is 6.84. The molecule has 1 nitrogen and oxygen atoms in total. The maximum atomic E-state index is 6.52. The van der Waals surface area contributed by atoms with Gasteiger partial charge in [0.25, 0.3) is 0 Å². The van der Waals surface area contributed by atoms with E-state index in [2.05, 4.69) is 54.9 Å². The van der Waals surface area contributed by atoms with Crippen molar-refractivity contribution >= 4 is 15.9 Å². The van der Waals surface area contributed by atoms with Crippen LogP contribution in [0.5, 0.6) is 0 Å². The Hall–Kier alpha value is -0.340. The number of hydrogen-bond donors (Lipinski definition) is 1. The Morgan fingerprint density at radius 3 is 2.33 bits per heavy atom. The van der Waals surface area contributed by atoms with Gasteiger partial charge in [0.15, 0.2) is 0 Å². The van der Waals surface area contributed by atoms with Crippen LogP contribution in [-0.2, 0) is 0 Å². The number of hydrogen-bond acceptors (Lipinski definition) is 1. The molecule has 3 atom stereocenters. The largest absolute Gasteiger partial charge is 0.324 e. The normalized spacial score (nSPS) is 30.2. The van der Waals surface area contributed by atoms with Gasteiger partial charge in [-0.25, -0.2) is 0 Å². The first kappa shape index (κ1) is 14.1. The van der Waals surface area contributed by atoms with E-state index in [1.807, 2.05) is 0 Å². The fourth-order valence-electron chi connectivity index (χ4n) is 3.46. The first-order valence-corrected chi connectivity index (χ1v) is 7.78. The highest BCUT2D eigenvalue weighted by molar-refractivity contribution is 9.10. The van der Waals surface area contributed by atoms with Crippen LogP contribution in [0.3, 0.4) is 0 Å². The van der Waals surface area contributed by atoms with E-state index >= 15 is 0 Å². The summed E-state index contributed by atoms with van der Waals surface area (Å²) in [5.74, 6) is 2.26. The molecule has 1 aliphatic rings. The summed E-state index contributed by atoms with van der Waals surface area (Å²) in [6, 6.07) is 6.69. The maximum Gasteiger partial charge on any atom is 0.0334 e. The van der Waals surface area contributed by atoms with E-state index in [0.29, 0.717) is 5.92 Å². The second-order valence-corrected chi connectivity index (χ2v) is 7.08. The Morgan fingerprint density at radius 1 is 1.17 bits per heavy atom. The van der Waals surface area contributed by atoms with Gasteiger partial charge in [-0.15, -0.1) is 0 Å². The lowest BCUT2D eigenvalue weighted by atomic mass is 9.72. The molecular weight excluding hydrogens is 286 g/mol. The minimum absolute atomic E-state index is 0.171. The molecule has 18 heavy (non-hydrogen) atoms. The molecule has 0 aliphatic heterocycles. The summed E-state index contributed by atoms with van der Waals surface area (Å²) in [5, 5.41) is 0. The minimum Gasteiger partial charge on any atom is -0.324 e. The number of halogens is 1. The maximum absolute atomic E-state index is 6.52. The third-order valence-electron chi connectivity index (χ3n) is 4.24. The summed E-state index contributed by atoms with van der Waals surface area (Å²) < 4.78 is 1.17. The van der Waals surface area contributed by atoms with E-state index < -0.39 is 0 Å². The lowest BCUT2D eigenvalue weighted by molar-refractivity contribution is 0.193. The van der Waals surface area contributed by atoms with Crippen LogP contribution >= 0.6 is 15.9 Å². The van der Waals surface area contributed by atoms with Gasteiger partial charge < -0.3 is 5.73 Å². The Labute approximate surface area is 119 Å². The summed E-state index contributed by atoms with van der Waals surface area (Å²) in [4.78, 5) is 0. The van der Waals surface area contributed by atoms with Crippen molar-refractivity contribution in [3.8, 4) is 0 Å². The third-order valence-corrected chi connectivity index (χ3v) is 4.92. The Morgan fingerprint density at radius 2 is 1.78 bits per heavy atom. The van der Waals surface area contributed by atoms with Gasteiger partial charge in [-0.3, -0.25) is 0 Å². The standard InChI is InChI=1S/C16H24BrN/c1-10-4-5-14(15(17)9-10)16(18)13-7-11(2)6-12(3)8-13/h4-5,9,11-13,16H,6-8,18H2,1-3H3. The lowest BCUT2D eigenvalue weighted by Gasteiger charge is -2.35. The molecule has 0 spiro atoms. The lowest BCUT2D eigenvalue weighted by Crippen LogP contribution is -2.29. The van der Waals surface area contributed by atoms with Crippen molar-refractivity contribution in [2.45, 2.75) is 46.1 Å². The molecule has 2 N–H and O–H groups in total. The van der Waals surface area contributed by atoms with E-state index in [1.165, 1.54) is 34.9 Å². The molecule has 0 bridgehead atoms. The first-order valence-electron chi connectivity index (χ1n) is 6.99. The third kappa shape index (κ3) is 3.16. The molecule has 0 amide bonds. The SMILES string of the molecule is Cc1ccc(C(N)C2CC(C)CC(C)C2)c(Br)c1. The number of rotatable bonds is 2. The average molecular weight is 310 g/mol. The molecule has 2 heteroatoms. The Balaban J connectivity index is 2.17. The van der Waals surface area contributed by atoms with Gasteiger partial charge in [0, 0.05) is 10.5 Å². The summed E-state index contributed by atoms with van der Waals surface area (Å²) >= 11 is 3.66. The average Bonchev–Trinajstić information content (AvgIpc) is 2.26. The van der Waals surface area contributed by atoms with Crippen LogP contribution < -0.4 is 5.73 Å². The second-order valence-electron chi connectivity index (χ2n) is 6.23. The van der Waals surface area contributed by atoms with Gasteiger partial charge in [0.2, 0.25) is 0 Å². The monoisotopic (exact) mass is 309 g/mol. The number of aryl methyl sites for hydroxylation is 1. The molecule has 2 rings (SSSR count). The van der Waals surface area contributed by atoms with Crippen LogP contribution in [0.15, 0.2) is 22.7 Å². The van der Waals surface area contributed by atoms with Crippen molar-refractivity contribution in [3.63, 3.8) is 0 Å². The summed E-state index contributed by atoms with van der Waals surface area (Å²) in [7, 11) is 0. The van der Waals surface area contributed by atoms with Crippen molar-refractivity contribution in [3.05, 3.63) is 33.8 Å². The van der Waals surface area contributed by atoms with Gasteiger partial charge in [-0.1, -0.05) is 41.9 Å². The molecule has 1 saturated carbocycles. The highest BCUT2D eigenvalue weighted by atomic mass is 79.9. The van der Waals surface area contributed by atoms with Crippen LogP contribution in [0, 0.1) is 24.7 Å². The predicted octanol–water partition coefficient (Wildman–Crippen LogP) is 4.83. The topological polar surface area (TPSA) is 26.0 Å². The molecule has 1 fully saturated rings. The summed E-state index contributed by atoms with van der Waals surface area (Å²) in [6.07, 6.45) is 3.90. The van der Waals surface area contributed by atoms with Crippen molar-refractivity contribution in [2.24, 2.45) is 23.5 Å². The van der Waals surface area contributed by atoms with E-state index in [9.17, 15) is 0 Å². The number of benzene rings is 1. The molecule has 1 aliphatic carbocycles. The van der Waals surface area contributed by atoms with Gasteiger partial charge in [-0.2, -0.15) is 0 Å². The van der Waals surface area contributed by atoms with Crippen molar-refractivity contribution in [1.29, 1.82) is 0 Å². The molecule has 100 valence electrons. The van der Waals surface area contributed by atoms with Gasteiger partial charge >= 0.3 is 0 Å². The number of nitrogens with two attached hydrogens (primary N) is 1. The zero-order valence-electron chi connectivity index (χ0n) is 11.6. The van der Waals surface area contributed by atoms with E-state index in [0.717, 1.165) is 11.8 Å². The van der Waals surface area contributed by atoms with Gasteiger partial charge in [0.1, 0.15) is 0 Å². The molecule has 0 saturated heterocycles. The van der Waals surface area contributed by atoms with E-state index in [1.54, 1.807) is 0 Å². The Bertz CT molecular complexity index is 406. The van der Waals surface area contributed by atoms with Crippen molar-refractivity contribution < 1.29 is 0 Å². The zero-order chi connectivity index (χ0) is 13.3. The molecule has 0 heterocycles. The Kier molecular flexibility index (Phi) is 4.50. The first-order chi connectivity index (χ1) is 8.47. The second kappa shape index (κ2) is 5.75. The minimum atomic E-state index is 0.171. The van der Waals surface area contributed by atoms with Crippen LogP contribution in [0.2, 0.25) is 0 Å². The van der Waals surface area contributed by atoms with Crippen LogP contribution in [0.25, 0.3) is 0 Å². The fourth-order valence-corrected chi connectivity index (χ4v) is 4.22. The van der Waals surface area contributed by atoms with Gasteiger partial charge in [0.05, 0.1) is 0 Å². The van der Waals surface area contributed by atoms with Crippen LogP contribution in [0.1, 0.15) is 50.3 Å². The van der Waals surface area contributed by atoms with E-state index in [4.69, 9.17) is 5.73 Å². The van der Waals surface area contributed by atoms with Crippen LogP contribution in [0.4, 0.5) is 0 Å². The van der Waals surface area contributed by atoms with Gasteiger partial charge in [-0.05, 0) is 61.1 Å². The molecule has 3 unspecified atom stereocenters. The molecule has 1 aromatic carbocycles. The zero-order valence-corrected chi connectivity index (χ0v) is 13.2. The fraction of sp³-hybridized carbons (Fsp3) is 0.625. The van der Waals surface area contributed by atoms with Crippen LogP contribution in [-0.4, -0.2) is 0 Å². The molecule has 1 aromatic rings. The smallest absolute Gasteiger partial charge is 0.0334 e. The van der Waals surface area contributed by atoms with Crippen molar-refractivity contribution in [2.75, 3.05) is 0 Å². The van der Waals surface area contributed by atoms with E-state index in [-0.39, 0.29) is 6.04 Å². The quantitative estimate of drug-likeness (QED) is 0.832. The molecular formula is C16H24BrN. The molecule has 0 aromatic heterocycles.